The third-order valence-corrected chi connectivity index (χ3v) is 6.46. The summed E-state index contributed by atoms with van der Waals surface area (Å²) in [5.41, 5.74) is 4.07. The van der Waals surface area contributed by atoms with Crippen LogP contribution in [0.15, 0.2) is 53.5 Å². The van der Waals surface area contributed by atoms with Crippen LogP contribution in [0.5, 0.6) is 0 Å². The first-order valence-electron chi connectivity index (χ1n) is 12.0. The van der Waals surface area contributed by atoms with Crippen molar-refractivity contribution in [2.45, 2.75) is 64.6 Å². The number of aliphatic hydroxyl groups excluding tert-OH is 1. The Hall–Kier alpha value is -2.99. The lowest BCUT2D eigenvalue weighted by atomic mass is 9.91. The van der Waals surface area contributed by atoms with Crippen LogP contribution >= 0.6 is 0 Å². The Kier molecular flexibility index (Phi) is 7.23. The van der Waals surface area contributed by atoms with Crippen molar-refractivity contribution in [2.75, 3.05) is 5.32 Å². The van der Waals surface area contributed by atoms with Crippen LogP contribution in [0, 0.1) is 18.8 Å². The lowest BCUT2D eigenvalue weighted by Gasteiger charge is -2.24. The standard InChI is InChI=1S/C27H33N3O3/c1-3-4-10-23(31)21(16-18-12-13-18)26(32)30-25-27(33)28-22-14-11-17(2)15-20(22)24(29-25)19-8-6-5-7-9-19/h5-9,11,14-15,18,21,23,25,31H,3-4,10,12-13,16H2,1-2H3,(H,28,33)(H,30,32)/t21-,23+,25-/m1/s1. The highest BCUT2D eigenvalue weighted by atomic mass is 16.3. The number of carbonyl (C=O) groups excluding carboxylic acids is 2. The monoisotopic (exact) mass is 447 g/mol. The molecule has 0 bridgehead atoms. The molecule has 174 valence electrons. The van der Waals surface area contributed by atoms with E-state index >= 15 is 0 Å². The van der Waals surface area contributed by atoms with E-state index in [1.165, 1.54) is 0 Å². The Morgan fingerprint density at radius 1 is 1.21 bits per heavy atom. The van der Waals surface area contributed by atoms with Crippen molar-refractivity contribution < 1.29 is 14.7 Å². The van der Waals surface area contributed by atoms with E-state index < -0.39 is 18.2 Å². The Morgan fingerprint density at radius 2 is 1.97 bits per heavy atom. The lowest BCUT2D eigenvalue weighted by Crippen LogP contribution is -2.47. The zero-order chi connectivity index (χ0) is 23.4. The van der Waals surface area contributed by atoms with Crippen LogP contribution < -0.4 is 10.6 Å². The van der Waals surface area contributed by atoms with E-state index in [0.717, 1.165) is 42.4 Å². The SMILES string of the molecule is CCCC[C@H](O)[C@@H](CC1CC1)C(=O)N[C@H]1N=C(c2ccccc2)c2cc(C)ccc2NC1=O. The van der Waals surface area contributed by atoms with E-state index in [4.69, 9.17) is 4.99 Å². The molecule has 4 rings (SSSR count). The first-order chi connectivity index (χ1) is 16.0. The lowest BCUT2D eigenvalue weighted by molar-refractivity contribution is -0.132. The molecular formula is C27H33N3O3. The maximum atomic E-state index is 13.3. The number of aryl methyl sites for hydroxylation is 1. The Bertz CT molecular complexity index is 1030. The van der Waals surface area contributed by atoms with E-state index in [2.05, 4.69) is 17.6 Å². The number of nitrogens with one attached hydrogen (secondary N) is 2. The fourth-order valence-electron chi connectivity index (χ4n) is 4.35. The second-order valence-corrected chi connectivity index (χ2v) is 9.29. The minimum Gasteiger partial charge on any atom is -0.392 e. The Balaban J connectivity index is 1.64. The number of benzodiazepines with no additional fused rings is 1. The van der Waals surface area contributed by atoms with Gasteiger partial charge in [-0.2, -0.15) is 0 Å². The van der Waals surface area contributed by atoms with Gasteiger partial charge in [0.25, 0.3) is 5.91 Å². The number of carbonyl (C=O) groups is 2. The van der Waals surface area contributed by atoms with Gasteiger partial charge in [-0.1, -0.05) is 74.6 Å². The van der Waals surface area contributed by atoms with Crippen molar-refractivity contribution >= 4 is 23.2 Å². The largest absolute Gasteiger partial charge is 0.392 e. The molecular weight excluding hydrogens is 414 g/mol. The van der Waals surface area contributed by atoms with Gasteiger partial charge >= 0.3 is 0 Å². The van der Waals surface area contributed by atoms with Crippen LogP contribution in [-0.2, 0) is 9.59 Å². The molecule has 1 saturated carbocycles. The molecule has 0 saturated heterocycles. The predicted molar refractivity (Wildman–Crippen MR) is 130 cm³/mol. The van der Waals surface area contributed by atoms with Crippen molar-refractivity contribution in [3.8, 4) is 0 Å². The number of rotatable bonds is 9. The molecule has 1 heterocycles. The highest BCUT2D eigenvalue weighted by Gasteiger charge is 2.36. The number of hydrogen-bond donors (Lipinski definition) is 3. The summed E-state index contributed by atoms with van der Waals surface area (Å²) in [6.45, 7) is 4.06. The smallest absolute Gasteiger partial charge is 0.269 e. The molecule has 6 nitrogen and oxygen atoms in total. The highest BCUT2D eigenvalue weighted by molar-refractivity contribution is 6.20. The minimum atomic E-state index is -1.07. The number of hydrogen-bond acceptors (Lipinski definition) is 4. The number of aliphatic imine (C=N–C) groups is 1. The third-order valence-electron chi connectivity index (χ3n) is 6.46. The molecule has 6 heteroatoms. The normalized spacial score (nSPS) is 19.5. The molecule has 3 N–H and O–H groups in total. The Labute approximate surface area is 195 Å². The van der Waals surface area contributed by atoms with Crippen LogP contribution in [0.1, 0.15) is 62.1 Å². The summed E-state index contributed by atoms with van der Waals surface area (Å²) >= 11 is 0. The zero-order valence-electron chi connectivity index (χ0n) is 19.4. The number of fused-ring (bicyclic) bond motifs is 1. The quantitative estimate of drug-likeness (QED) is 0.538. The minimum absolute atomic E-state index is 0.302. The molecule has 1 fully saturated rings. The van der Waals surface area contributed by atoms with Gasteiger partial charge < -0.3 is 15.7 Å². The highest BCUT2D eigenvalue weighted by Crippen LogP contribution is 2.37. The van der Waals surface area contributed by atoms with Gasteiger partial charge in [-0.3, -0.25) is 9.59 Å². The summed E-state index contributed by atoms with van der Waals surface area (Å²) in [5, 5.41) is 16.5. The van der Waals surface area contributed by atoms with Gasteiger partial charge in [0.1, 0.15) is 0 Å². The number of amides is 2. The van der Waals surface area contributed by atoms with Gasteiger partial charge in [0, 0.05) is 11.1 Å². The van der Waals surface area contributed by atoms with E-state index in [1.807, 2.05) is 55.5 Å². The molecule has 0 radical (unpaired) electrons. The molecule has 2 aliphatic rings. The van der Waals surface area contributed by atoms with Crippen molar-refractivity contribution in [2.24, 2.45) is 16.8 Å². The first-order valence-corrected chi connectivity index (χ1v) is 12.0. The van der Waals surface area contributed by atoms with Gasteiger partial charge in [-0.05, 0) is 37.8 Å². The van der Waals surface area contributed by atoms with Crippen LogP contribution in [-0.4, -0.2) is 34.9 Å². The maximum absolute atomic E-state index is 13.3. The molecule has 0 aromatic heterocycles. The molecule has 2 amide bonds. The molecule has 0 spiro atoms. The molecule has 33 heavy (non-hydrogen) atoms. The summed E-state index contributed by atoms with van der Waals surface area (Å²) in [6.07, 6.45) is 3.48. The van der Waals surface area contributed by atoms with Gasteiger partial charge in [-0.25, -0.2) is 4.99 Å². The molecule has 1 aliphatic carbocycles. The fourth-order valence-corrected chi connectivity index (χ4v) is 4.35. The summed E-state index contributed by atoms with van der Waals surface area (Å²) in [7, 11) is 0. The second kappa shape index (κ2) is 10.3. The molecule has 2 aromatic rings. The maximum Gasteiger partial charge on any atom is 0.269 e. The average molecular weight is 448 g/mol. The zero-order valence-corrected chi connectivity index (χ0v) is 19.4. The molecule has 3 atom stereocenters. The topological polar surface area (TPSA) is 90.8 Å². The predicted octanol–water partition coefficient (Wildman–Crippen LogP) is 4.19. The average Bonchev–Trinajstić information content (AvgIpc) is 3.65. The van der Waals surface area contributed by atoms with Crippen molar-refractivity contribution in [3.63, 3.8) is 0 Å². The van der Waals surface area contributed by atoms with Gasteiger partial charge in [0.15, 0.2) is 0 Å². The van der Waals surface area contributed by atoms with Crippen LogP contribution in [0.4, 0.5) is 5.69 Å². The van der Waals surface area contributed by atoms with E-state index in [9.17, 15) is 14.7 Å². The number of aliphatic hydroxyl groups is 1. The van der Waals surface area contributed by atoms with Gasteiger partial charge in [0.2, 0.25) is 12.1 Å². The second-order valence-electron chi connectivity index (χ2n) is 9.29. The van der Waals surface area contributed by atoms with Crippen molar-refractivity contribution in [1.82, 2.24) is 5.32 Å². The number of benzene rings is 2. The molecule has 0 unspecified atom stereocenters. The summed E-state index contributed by atoms with van der Waals surface area (Å²) in [5.74, 6) is -0.729. The number of anilines is 1. The van der Waals surface area contributed by atoms with Crippen molar-refractivity contribution in [3.05, 3.63) is 65.2 Å². The van der Waals surface area contributed by atoms with Crippen molar-refractivity contribution in [1.29, 1.82) is 0 Å². The van der Waals surface area contributed by atoms with Gasteiger partial charge in [0.05, 0.1) is 23.4 Å². The number of nitrogens with zero attached hydrogens (tertiary/aromatic N) is 1. The summed E-state index contributed by atoms with van der Waals surface area (Å²) in [4.78, 5) is 31.1. The Morgan fingerprint density at radius 3 is 2.67 bits per heavy atom. The third kappa shape index (κ3) is 5.69. The number of unbranched alkanes of at least 4 members (excludes halogenated alkanes) is 1. The van der Waals surface area contributed by atoms with Crippen LogP contribution in [0.2, 0.25) is 0 Å². The van der Waals surface area contributed by atoms with Crippen LogP contribution in [0.3, 0.4) is 0 Å². The molecule has 2 aromatic carbocycles. The molecule has 1 aliphatic heterocycles. The first kappa shape index (κ1) is 23.2. The summed E-state index contributed by atoms with van der Waals surface area (Å²) < 4.78 is 0. The fraction of sp³-hybridized carbons (Fsp3) is 0.444. The van der Waals surface area contributed by atoms with E-state index in [-0.39, 0.29) is 11.8 Å². The summed E-state index contributed by atoms with van der Waals surface area (Å²) in [6, 6.07) is 15.5. The van der Waals surface area contributed by atoms with Gasteiger partial charge in [-0.15, -0.1) is 0 Å². The van der Waals surface area contributed by atoms with Crippen LogP contribution in [0.25, 0.3) is 0 Å². The van der Waals surface area contributed by atoms with E-state index in [1.54, 1.807) is 0 Å². The van der Waals surface area contributed by atoms with E-state index in [0.29, 0.717) is 30.2 Å².